The summed E-state index contributed by atoms with van der Waals surface area (Å²) in [6.07, 6.45) is 2.78. The van der Waals surface area contributed by atoms with Crippen molar-refractivity contribution in [2.45, 2.75) is 64.8 Å². The van der Waals surface area contributed by atoms with Gasteiger partial charge in [0, 0.05) is 6.42 Å². The van der Waals surface area contributed by atoms with Gasteiger partial charge in [-0.3, -0.25) is 0 Å². The zero-order chi connectivity index (χ0) is 10.1. The first-order chi connectivity index (χ1) is 5.92. The van der Waals surface area contributed by atoms with Crippen LogP contribution in [0.1, 0.15) is 47.0 Å². The first-order valence-corrected chi connectivity index (χ1v) is 5.26. The lowest BCUT2D eigenvalue weighted by atomic mass is 9.88. The molecule has 2 heteroatoms. The van der Waals surface area contributed by atoms with E-state index in [1.165, 1.54) is 0 Å². The minimum absolute atomic E-state index is 0.0810. The Labute approximate surface area is 80.7 Å². The lowest BCUT2D eigenvalue weighted by molar-refractivity contribution is 0.0458. The molecule has 2 aliphatic rings. The maximum absolute atomic E-state index is 13.2. The standard InChI is InChI=1S/C7H11FO.C4H10/c1-7(8)4-5-2-3-6(7)9-5;1-4(2)3/h5-6H,2-4H2,1H3;4H,1-3H3. The second-order valence-electron chi connectivity index (χ2n) is 5.04. The van der Waals surface area contributed by atoms with E-state index in [9.17, 15) is 4.39 Å². The molecule has 2 rings (SSSR count). The molecule has 3 unspecified atom stereocenters. The fourth-order valence-electron chi connectivity index (χ4n) is 1.88. The normalized spacial score (nSPS) is 42.0. The molecule has 13 heavy (non-hydrogen) atoms. The summed E-state index contributed by atoms with van der Waals surface area (Å²) in [4.78, 5) is 0. The van der Waals surface area contributed by atoms with Crippen LogP contribution in [0.15, 0.2) is 0 Å². The molecule has 0 radical (unpaired) electrons. The summed E-state index contributed by atoms with van der Waals surface area (Å²) in [7, 11) is 0. The fourth-order valence-corrected chi connectivity index (χ4v) is 1.88. The molecule has 3 atom stereocenters. The molecule has 2 heterocycles. The van der Waals surface area contributed by atoms with Gasteiger partial charge in [0.1, 0.15) is 5.67 Å². The topological polar surface area (TPSA) is 9.23 Å². The zero-order valence-electron chi connectivity index (χ0n) is 9.14. The minimum Gasteiger partial charge on any atom is -0.372 e. The van der Waals surface area contributed by atoms with Gasteiger partial charge in [0.25, 0.3) is 0 Å². The smallest absolute Gasteiger partial charge is 0.136 e. The summed E-state index contributed by atoms with van der Waals surface area (Å²) in [6.45, 7) is 8.15. The van der Waals surface area contributed by atoms with E-state index < -0.39 is 5.67 Å². The van der Waals surface area contributed by atoms with Crippen LogP contribution in [-0.2, 0) is 4.74 Å². The van der Waals surface area contributed by atoms with E-state index in [0.29, 0.717) is 6.42 Å². The Kier molecular flexibility index (Phi) is 3.33. The van der Waals surface area contributed by atoms with E-state index in [1.54, 1.807) is 6.92 Å². The predicted molar refractivity (Wildman–Crippen MR) is 52.5 cm³/mol. The molecule has 0 saturated carbocycles. The Morgan fingerprint density at radius 2 is 1.85 bits per heavy atom. The van der Waals surface area contributed by atoms with Gasteiger partial charge in [-0.15, -0.1) is 0 Å². The van der Waals surface area contributed by atoms with E-state index in [4.69, 9.17) is 4.74 Å². The number of hydrogen-bond donors (Lipinski definition) is 0. The Bertz CT molecular complexity index is 163. The molecule has 0 aromatic rings. The Morgan fingerprint density at radius 1 is 1.31 bits per heavy atom. The van der Waals surface area contributed by atoms with Crippen molar-refractivity contribution in [3.05, 3.63) is 0 Å². The van der Waals surface area contributed by atoms with Gasteiger partial charge >= 0.3 is 0 Å². The highest BCUT2D eigenvalue weighted by Gasteiger charge is 2.49. The monoisotopic (exact) mass is 188 g/mol. The van der Waals surface area contributed by atoms with Gasteiger partial charge in [-0.05, 0) is 25.7 Å². The molecule has 0 amide bonds. The van der Waals surface area contributed by atoms with Crippen LogP contribution in [-0.4, -0.2) is 17.9 Å². The lowest BCUT2D eigenvalue weighted by Gasteiger charge is -2.21. The summed E-state index contributed by atoms with van der Waals surface area (Å²) in [5.41, 5.74) is -1.01. The number of rotatable bonds is 0. The van der Waals surface area contributed by atoms with Crippen molar-refractivity contribution < 1.29 is 9.13 Å². The quantitative estimate of drug-likeness (QED) is 0.566. The van der Waals surface area contributed by atoms with Crippen LogP contribution in [0.5, 0.6) is 0 Å². The molecule has 2 aliphatic heterocycles. The molecular weight excluding hydrogens is 167 g/mol. The van der Waals surface area contributed by atoms with Gasteiger partial charge in [-0.2, -0.15) is 0 Å². The van der Waals surface area contributed by atoms with Crippen LogP contribution >= 0.6 is 0 Å². The Hall–Kier alpha value is -0.110. The van der Waals surface area contributed by atoms with E-state index in [-0.39, 0.29) is 12.2 Å². The SMILES string of the molecule is CC(C)C.CC1(F)CC2CCC1O2. The molecule has 78 valence electrons. The van der Waals surface area contributed by atoms with Crippen molar-refractivity contribution in [2.24, 2.45) is 5.92 Å². The summed E-state index contributed by atoms with van der Waals surface area (Å²) in [6, 6.07) is 0. The molecular formula is C11H21FO. The van der Waals surface area contributed by atoms with E-state index in [2.05, 4.69) is 20.8 Å². The molecule has 2 saturated heterocycles. The maximum Gasteiger partial charge on any atom is 0.136 e. The third kappa shape index (κ3) is 2.94. The van der Waals surface area contributed by atoms with Gasteiger partial charge in [-0.1, -0.05) is 20.8 Å². The molecule has 0 spiro atoms. The summed E-state index contributed by atoms with van der Waals surface area (Å²) in [5, 5.41) is 0. The highest BCUT2D eigenvalue weighted by molar-refractivity contribution is 4.98. The van der Waals surface area contributed by atoms with Crippen LogP contribution < -0.4 is 0 Å². The number of alkyl halides is 1. The highest BCUT2D eigenvalue weighted by atomic mass is 19.1. The van der Waals surface area contributed by atoms with Crippen molar-refractivity contribution in [3.8, 4) is 0 Å². The molecule has 0 aromatic carbocycles. The number of halogens is 1. The summed E-state index contributed by atoms with van der Waals surface area (Å²) >= 11 is 0. The largest absolute Gasteiger partial charge is 0.372 e. The first kappa shape index (κ1) is 11.0. The third-order valence-electron chi connectivity index (χ3n) is 2.41. The van der Waals surface area contributed by atoms with Gasteiger partial charge in [0.15, 0.2) is 0 Å². The zero-order valence-corrected chi connectivity index (χ0v) is 9.14. The molecule has 0 aromatic heterocycles. The first-order valence-electron chi connectivity index (χ1n) is 5.26. The molecule has 2 bridgehead atoms. The van der Waals surface area contributed by atoms with E-state index in [0.717, 1.165) is 18.8 Å². The number of hydrogen-bond acceptors (Lipinski definition) is 1. The van der Waals surface area contributed by atoms with Gasteiger partial charge in [0.2, 0.25) is 0 Å². The highest BCUT2D eigenvalue weighted by Crippen LogP contribution is 2.43. The van der Waals surface area contributed by atoms with Crippen LogP contribution in [0.25, 0.3) is 0 Å². The van der Waals surface area contributed by atoms with Gasteiger partial charge in [0.05, 0.1) is 12.2 Å². The van der Waals surface area contributed by atoms with Crippen LogP contribution in [0, 0.1) is 5.92 Å². The predicted octanol–water partition coefficient (Wildman–Crippen LogP) is 3.33. The van der Waals surface area contributed by atoms with Gasteiger partial charge in [-0.25, -0.2) is 4.39 Å². The fraction of sp³-hybridized carbons (Fsp3) is 1.00. The second-order valence-corrected chi connectivity index (χ2v) is 5.04. The van der Waals surface area contributed by atoms with Crippen LogP contribution in [0.4, 0.5) is 4.39 Å². The lowest BCUT2D eigenvalue weighted by Crippen LogP contribution is -2.30. The summed E-state index contributed by atoms with van der Waals surface area (Å²) in [5.74, 6) is 0.833. The van der Waals surface area contributed by atoms with Crippen molar-refractivity contribution >= 4 is 0 Å². The second kappa shape index (κ2) is 3.95. The summed E-state index contributed by atoms with van der Waals surface area (Å²) < 4.78 is 18.5. The van der Waals surface area contributed by atoms with Crippen molar-refractivity contribution in [1.82, 2.24) is 0 Å². The molecule has 0 aliphatic carbocycles. The Morgan fingerprint density at radius 3 is 2.00 bits per heavy atom. The van der Waals surface area contributed by atoms with Crippen LogP contribution in [0.3, 0.4) is 0 Å². The van der Waals surface area contributed by atoms with Crippen molar-refractivity contribution in [1.29, 1.82) is 0 Å². The van der Waals surface area contributed by atoms with Crippen molar-refractivity contribution in [2.75, 3.05) is 0 Å². The minimum atomic E-state index is -1.01. The Balaban J connectivity index is 0.000000184. The van der Waals surface area contributed by atoms with Crippen molar-refractivity contribution in [3.63, 3.8) is 0 Å². The maximum atomic E-state index is 13.2. The molecule has 1 nitrogen and oxygen atoms in total. The number of ether oxygens (including phenoxy) is 1. The number of fused-ring (bicyclic) bond motifs is 2. The van der Waals surface area contributed by atoms with E-state index in [1.807, 2.05) is 0 Å². The average molecular weight is 188 g/mol. The average Bonchev–Trinajstić information content (AvgIpc) is 2.41. The molecule has 0 N–H and O–H groups in total. The third-order valence-corrected chi connectivity index (χ3v) is 2.41. The molecule has 2 fully saturated rings. The van der Waals surface area contributed by atoms with Gasteiger partial charge < -0.3 is 4.74 Å². The van der Waals surface area contributed by atoms with E-state index >= 15 is 0 Å². The van der Waals surface area contributed by atoms with Crippen LogP contribution in [0.2, 0.25) is 0 Å².